The molecule has 5 nitrogen and oxygen atoms in total. The molecule has 2 aromatic rings. The Balaban J connectivity index is 2.36. The molecule has 0 amide bonds. The maximum Gasteiger partial charge on any atom is 0.309 e. The van der Waals surface area contributed by atoms with Crippen molar-refractivity contribution in [3.63, 3.8) is 0 Å². The number of hydrogen-bond acceptors (Lipinski definition) is 3. The fraction of sp³-hybridized carbons (Fsp3) is 0.333. The van der Waals surface area contributed by atoms with Crippen LogP contribution in [0, 0.1) is 0 Å². The third-order valence-electron chi connectivity index (χ3n) is 3.14. The van der Waals surface area contributed by atoms with Gasteiger partial charge in [0.1, 0.15) is 5.75 Å². The molecule has 1 aromatic heterocycles. The summed E-state index contributed by atoms with van der Waals surface area (Å²) in [6.07, 6.45) is -0.0700. The van der Waals surface area contributed by atoms with Crippen molar-refractivity contribution in [1.82, 2.24) is 10.2 Å². The van der Waals surface area contributed by atoms with Crippen LogP contribution in [0.25, 0.3) is 11.3 Å². The number of aromatic nitrogens is 2. The molecule has 0 atom stereocenters. The Morgan fingerprint density at radius 3 is 2.75 bits per heavy atom. The van der Waals surface area contributed by atoms with Crippen molar-refractivity contribution in [2.45, 2.75) is 26.2 Å². The molecule has 1 aromatic carbocycles. The molecule has 0 bridgehead atoms. The van der Waals surface area contributed by atoms with Gasteiger partial charge in [0, 0.05) is 11.3 Å². The lowest BCUT2D eigenvalue weighted by Gasteiger charge is -2.11. The molecule has 0 spiro atoms. The van der Waals surface area contributed by atoms with Gasteiger partial charge in [-0.3, -0.25) is 9.89 Å². The van der Waals surface area contributed by atoms with E-state index in [0.717, 1.165) is 11.3 Å². The Morgan fingerprint density at radius 1 is 1.40 bits per heavy atom. The van der Waals surface area contributed by atoms with Crippen LogP contribution in [0.4, 0.5) is 0 Å². The van der Waals surface area contributed by atoms with Crippen molar-refractivity contribution in [3.05, 3.63) is 35.5 Å². The zero-order chi connectivity index (χ0) is 14.7. The van der Waals surface area contributed by atoms with Gasteiger partial charge in [0.2, 0.25) is 0 Å². The van der Waals surface area contributed by atoms with Gasteiger partial charge in [0.25, 0.3) is 0 Å². The average molecular weight is 274 g/mol. The van der Waals surface area contributed by atoms with E-state index >= 15 is 0 Å². The maximum absolute atomic E-state index is 10.7. The normalized spacial score (nSPS) is 10.8. The minimum atomic E-state index is -0.887. The Kier molecular flexibility index (Phi) is 4.08. The van der Waals surface area contributed by atoms with E-state index < -0.39 is 5.97 Å². The monoisotopic (exact) mass is 274 g/mol. The second-order valence-corrected chi connectivity index (χ2v) is 4.96. The van der Waals surface area contributed by atoms with Crippen LogP contribution in [0.3, 0.4) is 0 Å². The number of benzene rings is 1. The number of aliphatic carboxylic acids is 1. The van der Waals surface area contributed by atoms with Gasteiger partial charge in [-0.15, -0.1) is 0 Å². The standard InChI is InChI=1S/C15H18N2O3/c1-9(2)10-4-5-12(14(6-10)20-3)13-7-11(16-17-13)8-15(18)19/h4-7,9H,8H2,1-3H3,(H,16,17)(H,18,19). The SMILES string of the molecule is COc1cc(C(C)C)ccc1-c1cc(CC(=O)O)[nH]n1. The lowest BCUT2D eigenvalue weighted by Crippen LogP contribution is -1.99. The summed E-state index contributed by atoms with van der Waals surface area (Å²) in [4.78, 5) is 10.7. The van der Waals surface area contributed by atoms with Gasteiger partial charge in [-0.1, -0.05) is 19.9 Å². The summed E-state index contributed by atoms with van der Waals surface area (Å²) in [5, 5.41) is 15.7. The number of nitrogens with zero attached hydrogens (tertiary/aromatic N) is 1. The summed E-state index contributed by atoms with van der Waals surface area (Å²) in [5.41, 5.74) is 3.30. The second kappa shape index (κ2) is 5.77. The number of hydrogen-bond donors (Lipinski definition) is 2. The van der Waals surface area contributed by atoms with Crippen LogP contribution < -0.4 is 4.74 Å². The maximum atomic E-state index is 10.7. The fourth-order valence-corrected chi connectivity index (χ4v) is 2.03. The summed E-state index contributed by atoms with van der Waals surface area (Å²) in [6, 6.07) is 7.72. The van der Waals surface area contributed by atoms with Crippen LogP contribution in [0.1, 0.15) is 31.0 Å². The quantitative estimate of drug-likeness (QED) is 0.879. The third kappa shape index (κ3) is 2.99. The molecule has 20 heavy (non-hydrogen) atoms. The highest BCUT2D eigenvalue weighted by Crippen LogP contribution is 2.32. The lowest BCUT2D eigenvalue weighted by atomic mass is 9.99. The minimum Gasteiger partial charge on any atom is -0.496 e. The molecule has 1 heterocycles. The number of ether oxygens (including phenoxy) is 1. The Labute approximate surface area is 117 Å². The van der Waals surface area contributed by atoms with E-state index in [0.29, 0.717) is 17.3 Å². The average Bonchev–Trinajstić information content (AvgIpc) is 2.85. The first-order chi connectivity index (χ1) is 9.51. The first kappa shape index (κ1) is 14.1. The highest BCUT2D eigenvalue weighted by atomic mass is 16.5. The smallest absolute Gasteiger partial charge is 0.309 e. The van der Waals surface area contributed by atoms with Crippen LogP contribution in [-0.4, -0.2) is 28.4 Å². The molecule has 0 aliphatic carbocycles. The van der Waals surface area contributed by atoms with E-state index in [1.54, 1.807) is 13.2 Å². The molecular weight excluding hydrogens is 256 g/mol. The van der Waals surface area contributed by atoms with Crippen molar-refractivity contribution < 1.29 is 14.6 Å². The van der Waals surface area contributed by atoms with Gasteiger partial charge >= 0.3 is 5.97 Å². The van der Waals surface area contributed by atoms with Gasteiger partial charge in [0.15, 0.2) is 0 Å². The molecule has 5 heteroatoms. The van der Waals surface area contributed by atoms with Crippen molar-refractivity contribution in [2.75, 3.05) is 7.11 Å². The molecule has 0 saturated heterocycles. The number of methoxy groups -OCH3 is 1. The molecule has 0 radical (unpaired) electrons. The number of rotatable bonds is 5. The Bertz CT molecular complexity index is 617. The number of aromatic amines is 1. The Morgan fingerprint density at radius 2 is 2.15 bits per heavy atom. The molecular formula is C15H18N2O3. The summed E-state index contributed by atoms with van der Waals surface area (Å²) in [6.45, 7) is 4.24. The van der Waals surface area contributed by atoms with Crippen LogP contribution >= 0.6 is 0 Å². The third-order valence-corrected chi connectivity index (χ3v) is 3.14. The molecule has 0 unspecified atom stereocenters. The zero-order valence-corrected chi connectivity index (χ0v) is 11.8. The predicted molar refractivity (Wildman–Crippen MR) is 76.0 cm³/mol. The number of H-pyrrole nitrogens is 1. The zero-order valence-electron chi connectivity index (χ0n) is 11.8. The van der Waals surface area contributed by atoms with Crippen molar-refractivity contribution in [1.29, 1.82) is 0 Å². The molecule has 0 saturated carbocycles. The van der Waals surface area contributed by atoms with E-state index in [9.17, 15) is 4.79 Å². The lowest BCUT2D eigenvalue weighted by molar-refractivity contribution is -0.136. The van der Waals surface area contributed by atoms with E-state index in [-0.39, 0.29) is 6.42 Å². The van der Waals surface area contributed by atoms with Gasteiger partial charge < -0.3 is 9.84 Å². The van der Waals surface area contributed by atoms with Gasteiger partial charge in [0.05, 0.1) is 19.2 Å². The van der Waals surface area contributed by atoms with Gasteiger partial charge in [-0.2, -0.15) is 5.10 Å². The van der Waals surface area contributed by atoms with Crippen molar-refractivity contribution in [3.8, 4) is 17.0 Å². The second-order valence-electron chi connectivity index (χ2n) is 4.96. The van der Waals surface area contributed by atoms with Gasteiger partial charge in [-0.25, -0.2) is 0 Å². The van der Waals surface area contributed by atoms with E-state index in [2.05, 4.69) is 24.0 Å². The largest absolute Gasteiger partial charge is 0.496 e. The van der Waals surface area contributed by atoms with E-state index in [4.69, 9.17) is 9.84 Å². The molecule has 2 rings (SSSR count). The summed E-state index contributed by atoms with van der Waals surface area (Å²) in [7, 11) is 1.62. The summed E-state index contributed by atoms with van der Waals surface area (Å²) < 4.78 is 5.41. The molecule has 0 aliphatic heterocycles. The Hall–Kier alpha value is -2.30. The van der Waals surface area contributed by atoms with E-state index in [1.165, 1.54) is 5.56 Å². The first-order valence-corrected chi connectivity index (χ1v) is 6.45. The molecule has 0 aliphatic rings. The van der Waals surface area contributed by atoms with Crippen molar-refractivity contribution in [2.24, 2.45) is 0 Å². The van der Waals surface area contributed by atoms with Gasteiger partial charge in [-0.05, 0) is 29.7 Å². The number of carboxylic acid groups (broad SMARTS) is 1. The van der Waals surface area contributed by atoms with Crippen LogP contribution in [0.5, 0.6) is 5.75 Å². The first-order valence-electron chi connectivity index (χ1n) is 6.45. The van der Waals surface area contributed by atoms with Crippen molar-refractivity contribution >= 4 is 5.97 Å². The minimum absolute atomic E-state index is 0.0700. The number of carbonyl (C=O) groups is 1. The topological polar surface area (TPSA) is 75.2 Å². The summed E-state index contributed by atoms with van der Waals surface area (Å²) >= 11 is 0. The molecule has 106 valence electrons. The van der Waals surface area contributed by atoms with Crippen LogP contribution in [0.15, 0.2) is 24.3 Å². The molecule has 2 N–H and O–H groups in total. The summed E-state index contributed by atoms with van der Waals surface area (Å²) in [5.74, 6) is 0.270. The molecule has 0 fully saturated rings. The van der Waals surface area contributed by atoms with E-state index in [1.807, 2.05) is 18.2 Å². The number of carboxylic acids is 1. The highest BCUT2D eigenvalue weighted by Gasteiger charge is 2.12. The predicted octanol–water partition coefficient (Wildman–Crippen LogP) is 2.84. The van der Waals surface area contributed by atoms with Crippen LogP contribution in [-0.2, 0) is 11.2 Å². The number of nitrogens with one attached hydrogen (secondary N) is 1. The fourth-order valence-electron chi connectivity index (χ4n) is 2.03. The highest BCUT2D eigenvalue weighted by molar-refractivity contribution is 5.72. The van der Waals surface area contributed by atoms with Crippen LogP contribution in [0.2, 0.25) is 0 Å².